The van der Waals surface area contributed by atoms with Crippen LogP contribution in [0.5, 0.6) is 5.75 Å². The summed E-state index contributed by atoms with van der Waals surface area (Å²) in [5.41, 5.74) is 1.77. The van der Waals surface area contributed by atoms with Gasteiger partial charge in [0.1, 0.15) is 12.4 Å². The van der Waals surface area contributed by atoms with Crippen molar-refractivity contribution in [2.75, 3.05) is 6.61 Å². The van der Waals surface area contributed by atoms with Gasteiger partial charge in [-0.15, -0.1) is 6.42 Å². The van der Waals surface area contributed by atoms with E-state index >= 15 is 0 Å². The Morgan fingerprint density at radius 1 is 1.20 bits per heavy atom. The molecular weight excluding hydrogens is 474 g/mol. The highest BCUT2D eigenvalue weighted by Crippen LogP contribution is 2.26. The SMILES string of the molecule is C#CCOC(=O)/C=C/c1ccc(OCc2ccc(Cl)c(Cl)c2)c(I)c1. The van der Waals surface area contributed by atoms with Crippen LogP contribution in [0, 0.1) is 15.9 Å². The lowest BCUT2D eigenvalue weighted by molar-refractivity contribution is -0.136. The van der Waals surface area contributed by atoms with Gasteiger partial charge in [-0.1, -0.05) is 41.3 Å². The summed E-state index contributed by atoms with van der Waals surface area (Å²) in [6.45, 7) is 0.336. The molecule has 0 spiro atoms. The molecule has 0 unspecified atom stereocenters. The average Bonchev–Trinajstić information content (AvgIpc) is 2.60. The molecule has 0 heterocycles. The first kappa shape index (κ1) is 19.6. The number of carbonyl (C=O) groups excluding carboxylic acids is 1. The molecule has 0 N–H and O–H groups in total. The van der Waals surface area contributed by atoms with Gasteiger partial charge >= 0.3 is 5.97 Å². The summed E-state index contributed by atoms with van der Waals surface area (Å²) in [6, 6.07) is 11.0. The largest absolute Gasteiger partial charge is 0.488 e. The van der Waals surface area contributed by atoms with Gasteiger partial charge in [0, 0.05) is 6.08 Å². The normalized spacial score (nSPS) is 10.5. The topological polar surface area (TPSA) is 35.5 Å². The summed E-state index contributed by atoms with van der Waals surface area (Å²) < 4.78 is 11.5. The molecular formula is C19H13Cl2IO3. The molecule has 0 saturated heterocycles. The van der Waals surface area contributed by atoms with Crippen molar-refractivity contribution in [1.82, 2.24) is 0 Å². The van der Waals surface area contributed by atoms with Gasteiger partial charge in [-0.25, -0.2) is 4.79 Å². The predicted molar refractivity (Wildman–Crippen MR) is 109 cm³/mol. The molecule has 2 aromatic carbocycles. The average molecular weight is 487 g/mol. The van der Waals surface area contributed by atoms with Crippen molar-refractivity contribution >= 4 is 57.8 Å². The van der Waals surface area contributed by atoms with Gasteiger partial charge in [-0.2, -0.15) is 0 Å². The van der Waals surface area contributed by atoms with Crippen LogP contribution in [0.15, 0.2) is 42.5 Å². The van der Waals surface area contributed by atoms with Crippen molar-refractivity contribution in [1.29, 1.82) is 0 Å². The zero-order valence-electron chi connectivity index (χ0n) is 13.0. The molecule has 6 heteroatoms. The van der Waals surface area contributed by atoms with Crippen LogP contribution in [0.3, 0.4) is 0 Å². The summed E-state index contributed by atoms with van der Waals surface area (Å²) in [6.07, 6.45) is 8.02. The molecule has 0 aliphatic carbocycles. The lowest BCUT2D eigenvalue weighted by atomic mass is 10.2. The highest BCUT2D eigenvalue weighted by Gasteiger charge is 2.05. The summed E-state index contributed by atoms with van der Waals surface area (Å²) in [5.74, 6) is 2.49. The molecule has 3 nitrogen and oxygen atoms in total. The molecule has 2 rings (SSSR count). The fourth-order valence-electron chi connectivity index (χ4n) is 1.85. The Kier molecular flexibility index (Phi) is 7.63. The van der Waals surface area contributed by atoms with Crippen LogP contribution in [0.25, 0.3) is 6.08 Å². The Morgan fingerprint density at radius 2 is 2.00 bits per heavy atom. The highest BCUT2D eigenvalue weighted by molar-refractivity contribution is 14.1. The first-order valence-electron chi connectivity index (χ1n) is 7.14. The van der Waals surface area contributed by atoms with E-state index in [1.807, 2.05) is 24.3 Å². The van der Waals surface area contributed by atoms with Crippen LogP contribution in [0.1, 0.15) is 11.1 Å². The molecule has 0 aliphatic rings. The zero-order valence-corrected chi connectivity index (χ0v) is 16.6. The van der Waals surface area contributed by atoms with Crippen LogP contribution in [-0.2, 0) is 16.1 Å². The number of rotatable bonds is 6. The van der Waals surface area contributed by atoms with Gasteiger partial charge in [-0.05, 0) is 64.1 Å². The third kappa shape index (κ3) is 6.28. The summed E-state index contributed by atoms with van der Waals surface area (Å²) >= 11 is 14.1. The van der Waals surface area contributed by atoms with Crippen molar-refractivity contribution < 1.29 is 14.3 Å². The van der Waals surface area contributed by atoms with E-state index in [1.165, 1.54) is 6.08 Å². The van der Waals surface area contributed by atoms with Crippen LogP contribution in [-0.4, -0.2) is 12.6 Å². The van der Waals surface area contributed by atoms with Crippen LogP contribution >= 0.6 is 45.8 Å². The van der Waals surface area contributed by atoms with E-state index in [4.69, 9.17) is 39.1 Å². The molecule has 2 aromatic rings. The molecule has 0 aliphatic heterocycles. The number of hydrogen-bond acceptors (Lipinski definition) is 3. The fraction of sp³-hybridized carbons (Fsp3) is 0.105. The summed E-state index contributed by atoms with van der Waals surface area (Å²) in [4.78, 5) is 11.4. The van der Waals surface area contributed by atoms with E-state index in [9.17, 15) is 4.79 Å². The number of benzene rings is 2. The van der Waals surface area contributed by atoms with Gasteiger partial charge in [-0.3, -0.25) is 0 Å². The first-order chi connectivity index (χ1) is 12.0. The molecule has 0 saturated carbocycles. The van der Waals surface area contributed by atoms with E-state index in [2.05, 4.69) is 28.5 Å². The Hall–Kier alpha value is -1.68. The lowest BCUT2D eigenvalue weighted by Crippen LogP contribution is -2.00. The maximum Gasteiger partial charge on any atom is 0.331 e. The van der Waals surface area contributed by atoms with Crippen molar-refractivity contribution in [2.45, 2.75) is 6.61 Å². The van der Waals surface area contributed by atoms with E-state index in [0.29, 0.717) is 16.7 Å². The maximum absolute atomic E-state index is 11.4. The molecule has 128 valence electrons. The summed E-state index contributed by atoms with van der Waals surface area (Å²) in [7, 11) is 0. The predicted octanol–water partition coefficient (Wildman–Crippen LogP) is 5.37. The second kappa shape index (κ2) is 9.71. The minimum absolute atomic E-state index is 0.0395. The third-order valence-electron chi connectivity index (χ3n) is 3.04. The quantitative estimate of drug-likeness (QED) is 0.238. The van der Waals surface area contributed by atoms with Crippen LogP contribution in [0.4, 0.5) is 0 Å². The van der Waals surface area contributed by atoms with Gasteiger partial charge in [0.25, 0.3) is 0 Å². The lowest BCUT2D eigenvalue weighted by Gasteiger charge is -2.09. The Morgan fingerprint density at radius 3 is 2.68 bits per heavy atom. The monoisotopic (exact) mass is 486 g/mol. The number of halogens is 3. The minimum Gasteiger partial charge on any atom is -0.488 e. The van der Waals surface area contributed by atoms with Gasteiger partial charge in [0.05, 0.1) is 13.6 Å². The number of terminal acetylenes is 1. The van der Waals surface area contributed by atoms with Crippen LogP contribution < -0.4 is 4.74 Å². The zero-order chi connectivity index (χ0) is 18.2. The molecule has 0 fully saturated rings. The Balaban J connectivity index is 1.99. The molecule has 0 bridgehead atoms. The fourth-order valence-corrected chi connectivity index (χ4v) is 2.87. The Labute approximate surface area is 170 Å². The minimum atomic E-state index is -0.479. The third-order valence-corrected chi connectivity index (χ3v) is 4.63. The smallest absolute Gasteiger partial charge is 0.331 e. The molecule has 0 atom stereocenters. The van der Waals surface area contributed by atoms with Gasteiger partial charge in [0.15, 0.2) is 6.61 Å². The van der Waals surface area contributed by atoms with E-state index in [1.54, 1.807) is 18.2 Å². The number of esters is 1. The maximum atomic E-state index is 11.4. The van der Waals surface area contributed by atoms with Crippen LogP contribution in [0.2, 0.25) is 10.0 Å². The number of hydrogen-bond donors (Lipinski definition) is 0. The second-order valence-corrected chi connectivity index (χ2v) is 6.85. The summed E-state index contributed by atoms with van der Waals surface area (Å²) in [5, 5.41) is 1.01. The highest BCUT2D eigenvalue weighted by atomic mass is 127. The van der Waals surface area contributed by atoms with Crippen molar-refractivity contribution in [3.63, 3.8) is 0 Å². The van der Waals surface area contributed by atoms with Gasteiger partial charge < -0.3 is 9.47 Å². The van der Waals surface area contributed by atoms with Crippen molar-refractivity contribution in [3.8, 4) is 18.1 Å². The van der Waals surface area contributed by atoms with E-state index in [0.717, 1.165) is 20.4 Å². The first-order valence-corrected chi connectivity index (χ1v) is 8.97. The van der Waals surface area contributed by atoms with E-state index in [-0.39, 0.29) is 6.61 Å². The van der Waals surface area contributed by atoms with Gasteiger partial charge in [0.2, 0.25) is 0 Å². The molecule has 25 heavy (non-hydrogen) atoms. The second-order valence-electron chi connectivity index (χ2n) is 4.87. The molecule has 0 amide bonds. The molecule has 0 aromatic heterocycles. The number of ether oxygens (including phenoxy) is 2. The number of carbonyl (C=O) groups is 1. The Bertz CT molecular complexity index is 841. The van der Waals surface area contributed by atoms with Crippen molar-refractivity contribution in [2.24, 2.45) is 0 Å². The van der Waals surface area contributed by atoms with E-state index < -0.39 is 5.97 Å². The van der Waals surface area contributed by atoms with Crippen molar-refractivity contribution in [3.05, 3.63) is 67.2 Å². The standard InChI is InChI=1S/C19H13Cl2IO3/c1-2-9-24-19(23)8-5-13-4-7-18(17(22)11-13)25-12-14-3-6-15(20)16(21)10-14/h1,3-8,10-11H,9,12H2/b8-5+. The molecule has 0 radical (unpaired) electrons.